The summed E-state index contributed by atoms with van der Waals surface area (Å²) in [6.45, 7) is 4.99. The van der Waals surface area contributed by atoms with Crippen molar-refractivity contribution in [2.45, 2.75) is 411 Å². The molecule has 0 rings (SSSR count). The number of ether oxygens (including phenoxy) is 1. The Balaban J connectivity index is 3.39. The normalized spacial score (nSPS) is 12.5. The van der Waals surface area contributed by atoms with Gasteiger partial charge in [0.25, 0.3) is 0 Å². The van der Waals surface area contributed by atoms with Crippen molar-refractivity contribution in [2.75, 3.05) is 13.2 Å². The summed E-state index contributed by atoms with van der Waals surface area (Å²) in [7, 11) is 0. The van der Waals surface area contributed by atoms with E-state index in [-0.39, 0.29) is 18.5 Å². The Kier molecular flexibility index (Phi) is 64.9. The summed E-state index contributed by atoms with van der Waals surface area (Å²) in [6, 6.07) is -0.547. The zero-order valence-electron chi connectivity index (χ0n) is 51.8. The average molecular weight is 1070 g/mol. The van der Waals surface area contributed by atoms with Gasteiger partial charge in [-0.3, -0.25) is 9.59 Å². The third kappa shape index (κ3) is 61.8. The molecule has 1 amide bonds. The van der Waals surface area contributed by atoms with Crippen LogP contribution in [-0.2, 0) is 14.3 Å². The highest BCUT2D eigenvalue weighted by Gasteiger charge is 2.20. The molecule has 0 radical (unpaired) electrons. The number of rotatable bonds is 66. The van der Waals surface area contributed by atoms with Gasteiger partial charge < -0.3 is 20.3 Å². The number of aliphatic hydroxyl groups excluding tert-OH is 2. The Morgan fingerprint density at radius 3 is 0.934 bits per heavy atom. The molecule has 0 aliphatic carbocycles. The number of carbonyl (C=O) groups is 2. The standard InChI is InChI=1S/C70H137NO5/c1-3-5-7-9-11-13-15-17-19-21-27-30-34-38-42-46-50-54-58-62-68(73)67(66-72)71-69(74)63-59-55-51-47-43-39-35-31-28-25-23-24-26-29-33-37-41-45-49-53-57-61-65-76-70(75)64-60-56-52-48-44-40-36-32-22-20-18-16-14-12-10-8-6-4-2/h25,28,67-68,72-73H,3-24,26-27,29-66H2,1-2H3,(H,71,74)/b28-25-. The van der Waals surface area contributed by atoms with Crippen LogP contribution in [0.5, 0.6) is 0 Å². The van der Waals surface area contributed by atoms with Gasteiger partial charge in [-0.1, -0.05) is 347 Å². The molecular formula is C70H137NO5. The molecule has 0 aliphatic heterocycles. The number of carbonyl (C=O) groups excluding carboxylic acids is 2. The fraction of sp³-hybridized carbons (Fsp3) is 0.943. The van der Waals surface area contributed by atoms with Gasteiger partial charge in [0.05, 0.1) is 25.4 Å². The average Bonchev–Trinajstić information content (AvgIpc) is 3.42. The van der Waals surface area contributed by atoms with Crippen LogP contribution in [0, 0.1) is 0 Å². The van der Waals surface area contributed by atoms with Crippen LogP contribution in [0.4, 0.5) is 0 Å². The second-order valence-corrected chi connectivity index (χ2v) is 24.2. The molecule has 0 saturated carbocycles. The molecule has 76 heavy (non-hydrogen) atoms. The minimum atomic E-state index is -0.669. The highest BCUT2D eigenvalue weighted by atomic mass is 16.5. The molecule has 0 aromatic rings. The van der Waals surface area contributed by atoms with Gasteiger partial charge >= 0.3 is 5.97 Å². The highest BCUT2D eigenvalue weighted by molar-refractivity contribution is 5.76. The fourth-order valence-electron chi connectivity index (χ4n) is 11.2. The van der Waals surface area contributed by atoms with Gasteiger partial charge in [-0.2, -0.15) is 0 Å². The number of nitrogens with one attached hydrogen (secondary N) is 1. The van der Waals surface area contributed by atoms with Crippen molar-refractivity contribution in [3.8, 4) is 0 Å². The van der Waals surface area contributed by atoms with E-state index in [4.69, 9.17) is 4.74 Å². The lowest BCUT2D eigenvalue weighted by atomic mass is 10.0. The molecule has 0 aliphatic rings. The first kappa shape index (κ1) is 74.6. The van der Waals surface area contributed by atoms with E-state index in [2.05, 4.69) is 31.3 Å². The maximum atomic E-state index is 12.5. The predicted molar refractivity (Wildman–Crippen MR) is 333 cm³/mol. The molecular weight excluding hydrogens is 935 g/mol. The lowest BCUT2D eigenvalue weighted by Gasteiger charge is -2.22. The van der Waals surface area contributed by atoms with Crippen LogP contribution in [0.3, 0.4) is 0 Å². The zero-order valence-corrected chi connectivity index (χ0v) is 51.8. The number of esters is 1. The molecule has 2 atom stereocenters. The number of hydrogen-bond donors (Lipinski definition) is 3. The number of unbranched alkanes of at least 4 members (excludes halogenated alkanes) is 53. The molecule has 0 saturated heterocycles. The van der Waals surface area contributed by atoms with Crippen LogP contribution in [0.2, 0.25) is 0 Å². The minimum Gasteiger partial charge on any atom is -0.466 e. The summed E-state index contributed by atoms with van der Waals surface area (Å²) in [5, 5.41) is 23.4. The summed E-state index contributed by atoms with van der Waals surface area (Å²) in [6.07, 6.45) is 81.1. The van der Waals surface area contributed by atoms with Crippen molar-refractivity contribution in [1.29, 1.82) is 0 Å². The number of allylic oxidation sites excluding steroid dienone is 2. The van der Waals surface area contributed by atoms with Gasteiger partial charge in [0.1, 0.15) is 0 Å². The van der Waals surface area contributed by atoms with Crippen molar-refractivity contribution in [3.05, 3.63) is 12.2 Å². The Bertz CT molecular complexity index is 1140. The maximum Gasteiger partial charge on any atom is 0.305 e. The molecule has 2 unspecified atom stereocenters. The summed E-state index contributed by atoms with van der Waals surface area (Å²) in [4.78, 5) is 24.6. The van der Waals surface area contributed by atoms with Gasteiger partial charge in [-0.15, -0.1) is 0 Å². The highest BCUT2D eigenvalue weighted by Crippen LogP contribution is 2.19. The SMILES string of the molecule is CCCCCCCCCCCCCCCCCCCCCC(O)C(CO)NC(=O)CCCCCCCCC/C=C\CCCCCCCCCCCCCOC(=O)CCCCCCCCCCCCCCCCCCCC. The van der Waals surface area contributed by atoms with E-state index in [0.29, 0.717) is 25.9 Å². The third-order valence-corrected chi connectivity index (χ3v) is 16.6. The molecule has 0 spiro atoms. The van der Waals surface area contributed by atoms with Crippen LogP contribution in [0.15, 0.2) is 12.2 Å². The van der Waals surface area contributed by atoms with Crippen molar-refractivity contribution in [1.82, 2.24) is 5.32 Å². The molecule has 0 aromatic carbocycles. The number of aliphatic hydroxyl groups is 2. The Hall–Kier alpha value is -1.40. The van der Waals surface area contributed by atoms with Crippen LogP contribution in [0.25, 0.3) is 0 Å². The first-order valence-electron chi connectivity index (χ1n) is 34.9. The number of hydrogen-bond acceptors (Lipinski definition) is 5. The lowest BCUT2D eigenvalue weighted by molar-refractivity contribution is -0.143. The monoisotopic (exact) mass is 1070 g/mol. The van der Waals surface area contributed by atoms with Crippen molar-refractivity contribution in [3.63, 3.8) is 0 Å². The minimum absolute atomic E-state index is 0.0156. The molecule has 6 nitrogen and oxygen atoms in total. The third-order valence-electron chi connectivity index (χ3n) is 16.6. The van der Waals surface area contributed by atoms with E-state index in [1.165, 1.54) is 327 Å². The van der Waals surface area contributed by atoms with Crippen LogP contribution in [-0.4, -0.2) is 47.4 Å². The van der Waals surface area contributed by atoms with E-state index in [9.17, 15) is 19.8 Å². The molecule has 0 heterocycles. The fourth-order valence-corrected chi connectivity index (χ4v) is 11.2. The quantitative estimate of drug-likeness (QED) is 0.0320. The lowest BCUT2D eigenvalue weighted by Crippen LogP contribution is -2.45. The Labute approximate surface area is 476 Å². The van der Waals surface area contributed by atoms with E-state index < -0.39 is 12.1 Å². The van der Waals surface area contributed by atoms with Gasteiger partial charge in [-0.05, 0) is 51.4 Å². The number of amides is 1. The van der Waals surface area contributed by atoms with Crippen LogP contribution in [0.1, 0.15) is 399 Å². The van der Waals surface area contributed by atoms with Gasteiger partial charge in [0.15, 0.2) is 0 Å². The van der Waals surface area contributed by atoms with Crippen LogP contribution >= 0.6 is 0 Å². The zero-order chi connectivity index (χ0) is 55.0. The topological polar surface area (TPSA) is 95.9 Å². The van der Waals surface area contributed by atoms with E-state index in [0.717, 1.165) is 38.5 Å². The molecule has 3 N–H and O–H groups in total. The second-order valence-electron chi connectivity index (χ2n) is 24.2. The molecule has 452 valence electrons. The Morgan fingerprint density at radius 2 is 0.618 bits per heavy atom. The van der Waals surface area contributed by atoms with Gasteiger partial charge in [0.2, 0.25) is 5.91 Å². The largest absolute Gasteiger partial charge is 0.466 e. The summed E-state index contributed by atoms with van der Waals surface area (Å²) in [5.41, 5.74) is 0. The summed E-state index contributed by atoms with van der Waals surface area (Å²) >= 11 is 0. The maximum absolute atomic E-state index is 12.5. The van der Waals surface area contributed by atoms with Crippen LogP contribution < -0.4 is 5.32 Å². The first-order chi connectivity index (χ1) is 37.5. The van der Waals surface area contributed by atoms with Crippen molar-refractivity contribution in [2.24, 2.45) is 0 Å². The molecule has 0 aromatic heterocycles. The van der Waals surface area contributed by atoms with Gasteiger partial charge in [0, 0.05) is 12.8 Å². The predicted octanol–water partition coefficient (Wildman–Crippen LogP) is 22.4. The van der Waals surface area contributed by atoms with Crippen molar-refractivity contribution >= 4 is 11.9 Å². The van der Waals surface area contributed by atoms with Gasteiger partial charge in [-0.25, -0.2) is 0 Å². The molecule has 6 heteroatoms. The van der Waals surface area contributed by atoms with Crippen molar-refractivity contribution < 1.29 is 24.5 Å². The molecule has 0 fully saturated rings. The summed E-state index contributed by atoms with van der Waals surface area (Å²) in [5.74, 6) is -0.0221. The molecule has 0 bridgehead atoms. The first-order valence-corrected chi connectivity index (χ1v) is 34.9. The van der Waals surface area contributed by atoms with E-state index >= 15 is 0 Å². The second kappa shape index (κ2) is 66.1. The Morgan fingerprint density at radius 1 is 0.355 bits per heavy atom. The summed E-state index contributed by atoms with van der Waals surface area (Å²) < 4.78 is 5.51. The van der Waals surface area contributed by atoms with E-state index in [1.54, 1.807) is 0 Å². The smallest absolute Gasteiger partial charge is 0.305 e. The van der Waals surface area contributed by atoms with E-state index in [1.807, 2.05) is 0 Å².